The van der Waals surface area contributed by atoms with Gasteiger partial charge >= 0.3 is 0 Å². The molecule has 2 heteroatoms. The summed E-state index contributed by atoms with van der Waals surface area (Å²) in [5, 5.41) is 0.246. The van der Waals surface area contributed by atoms with Crippen LogP contribution in [0.15, 0.2) is 18.5 Å². The van der Waals surface area contributed by atoms with Gasteiger partial charge in [0.15, 0.2) is 0 Å². The molecule has 0 saturated carbocycles. The predicted molar refractivity (Wildman–Crippen MR) is 61.8 cm³/mol. The summed E-state index contributed by atoms with van der Waals surface area (Å²) in [4.78, 5) is 4.07. The molecule has 0 aliphatic carbocycles. The Hall–Kier alpha value is -0.560. The SMILES string of the molecule is Cc1cnccc1CC(Cl)CC(C)C. The Morgan fingerprint density at radius 3 is 2.71 bits per heavy atom. The van der Waals surface area contributed by atoms with Crippen LogP contribution in [0.4, 0.5) is 0 Å². The minimum absolute atomic E-state index is 0.246. The average Bonchev–Trinajstić information content (AvgIpc) is 2.07. The maximum Gasteiger partial charge on any atom is 0.0378 e. The van der Waals surface area contributed by atoms with Gasteiger partial charge in [0.1, 0.15) is 0 Å². The number of rotatable bonds is 4. The van der Waals surface area contributed by atoms with E-state index in [2.05, 4.69) is 31.8 Å². The Balaban J connectivity index is 2.56. The summed E-state index contributed by atoms with van der Waals surface area (Å²) >= 11 is 6.26. The number of aromatic nitrogens is 1. The van der Waals surface area contributed by atoms with Gasteiger partial charge in [-0.3, -0.25) is 4.98 Å². The van der Waals surface area contributed by atoms with E-state index in [9.17, 15) is 0 Å². The summed E-state index contributed by atoms with van der Waals surface area (Å²) < 4.78 is 0. The third-order valence-electron chi connectivity index (χ3n) is 2.31. The molecule has 1 rings (SSSR count). The first-order chi connectivity index (χ1) is 6.59. The molecule has 0 N–H and O–H groups in total. The van der Waals surface area contributed by atoms with Crippen LogP contribution in [-0.4, -0.2) is 10.4 Å². The lowest BCUT2D eigenvalue weighted by molar-refractivity contribution is 0.561. The minimum Gasteiger partial charge on any atom is -0.264 e. The molecule has 14 heavy (non-hydrogen) atoms. The molecule has 0 aromatic carbocycles. The van der Waals surface area contributed by atoms with Crippen molar-refractivity contribution in [2.75, 3.05) is 0 Å². The van der Waals surface area contributed by atoms with Gasteiger partial charge in [-0.1, -0.05) is 13.8 Å². The minimum atomic E-state index is 0.246. The molecule has 0 amide bonds. The number of pyridine rings is 1. The molecule has 78 valence electrons. The van der Waals surface area contributed by atoms with Crippen LogP contribution in [0.5, 0.6) is 0 Å². The second kappa shape index (κ2) is 5.35. The summed E-state index contributed by atoms with van der Waals surface area (Å²) in [6.07, 6.45) is 5.76. The molecular formula is C12H18ClN. The van der Waals surface area contributed by atoms with E-state index in [0.29, 0.717) is 5.92 Å². The third kappa shape index (κ3) is 3.67. The van der Waals surface area contributed by atoms with Crippen LogP contribution in [0.3, 0.4) is 0 Å². The largest absolute Gasteiger partial charge is 0.264 e. The van der Waals surface area contributed by atoms with Crippen molar-refractivity contribution in [1.29, 1.82) is 0 Å². The van der Waals surface area contributed by atoms with Crippen molar-refractivity contribution in [2.24, 2.45) is 5.92 Å². The van der Waals surface area contributed by atoms with Crippen LogP contribution >= 0.6 is 11.6 Å². The maximum atomic E-state index is 6.26. The Labute approximate surface area is 91.5 Å². The molecule has 0 aliphatic heterocycles. The van der Waals surface area contributed by atoms with Crippen molar-refractivity contribution in [1.82, 2.24) is 4.98 Å². The maximum absolute atomic E-state index is 6.26. The van der Waals surface area contributed by atoms with Crippen molar-refractivity contribution < 1.29 is 0 Å². The molecule has 1 aromatic heterocycles. The summed E-state index contributed by atoms with van der Waals surface area (Å²) in [5.74, 6) is 0.666. The highest BCUT2D eigenvalue weighted by Gasteiger charge is 2.09. The zero-order valence-corrected chi connectivity index (χ0v) is 9.88. The quantitative estimate of drug-likeness (QED) is 0.694. The number of halogens is 1. The van der Waals surface area contributed by atoms with Crippen molar-refractivity contribution in [3.05, 3.63) is 29.6 Å². The summed E-state index contributed by atoms with van der Waals surface area (Å²) in [6, 6.07) is 2.06. The number of alkyl halides is 1. The van der Waals surface area contributed by atoms with Crippen LogP contribution < -0.4 is 0 Å². The third-order valence-corrected chi connectivity index (χ3v) is 2.64. The highest BCUT2D eigenvalue weighted by molar-refractivity contribution is 6.20. The summed E-state index contributed by atoms with van der Waals surface area (Å²) in [5.41, 5.74) is 2.56. The van der Waals surface area contributed by atoms with Gasteiger partial charge in [-0.15, -0.1) is 11.6 Å². The molecule has 1 heterocycles. The zero-order valence-electron chi connectivity index (χ0n) is 9.13. The molecule has 0 fully saturated rings. The van der Waals surface area contributed by atoms with Crippen LogP contribution in [0.2, 0.25) is 0 Å². The Morgan fingerprint density at radius 1 is 1.43 bits per heavy atom. The van der Waals surface area contributed by atoms with Gasteiger partial charge in [-0.05, 0) is 42.9 Å². The highest BCUT2D eigenvalue weighted by Crippen LogP contribution is 2.17. The van der Waals surface area contributed by atoms with E-state index in [0.717, 1.165) is 12.8 Å². The zero-order chi connectivity index (χ0) is 10.6. The fourth-order valence-corrected chi connectivity index (χ4v) is 2.09. The lowest BCUT2D eigenvalue weighted by Crippen LogP contribution is -2.08. The van der Waals surface area contributed by atoms with E-state index in [1.807, 2.05) is 12.4 Å². The van der Waals surface area contributed by atoms with Crippen molar-refractivity contribution in [3.8, 4) is 0 Å². The van der Waals surface area contributed by atoms with Crippen molar-refractivity contribution >= 4 is 11.6 Å². The Bertz CT molecular complexity index is 283. The first kappa shape index (κ1) is 11.5. The molecule has 1 unspecified atom stereocenters. The van der Waals surface area contributed by atoms with Crippen LogP contribution in [0.25, 0.3) is 0 Å². The smallest absolute Gasteiger partial charge is 0.0378 e. The molecule has 0 radical (unpaired) electrons. The lowest BCUT2D eigenvalue weighted by atomic mass is 10.0. The number of nitrogens with zero attached hydrogens (tertiary/aromatic N) is 1. The van der Waals surface area contributed by atoms with E-state index < -0.39 is 0 Å². The first-order valence-electron chi connectivity index (χ1n) is 5.13. The van der Waals surface area contributed by atoms with Crippen LogP contribution in [0, 0.1) is 12.8 Å². The van der Waals surface area contributed by atoms with Crippen molar-refractivity contribution in [2.45, 2.75) is 39.0 Å². The Kier molecular flexibility index (Phi) is 4.40. The topological polar surface area (TPSA) is 12.9 Å². The second-order valence-corrected chi connectivity index (χ2v) is 4.85. The number of hydrogen-bond donors (Lipinski definition) is 0. The van der Waals surface area contributed by atoms with Gasteiger partial charge in [-0.25, -0.2) is 0 Å². The van der Waals surface area contributed by atoms with Gasteiger partial charge in [-0.2, -0.15) is 0 Å². The first-order valence-corrected chi connectivity index (χ1v) is 5.56. The van der Waals surface area contributed by atoms with Gasteiger partial charge in [0.2, 0.25) is 0 Å². The number of aryl methyl sites for hydroxylation is 1. The van der Waals surface area contributed by atoms with Crippen LogP contribution in [0.1, 0.15) is 31.4 Å². The lowest BCUT2D eigenvalue weighted by Gasteiger charge is -2.13. The second-order valence-electron chi connectivity index (χ2n) is 4.23. The molecule has 0 spiro atoms. The van der Waals surface area contributed by atoms with E-state index >= 15 is 0 Å². The fourth-order valence-electron chi connectivity index (χ4n) is 1.56. The predicted octanol–water partition coefficient (Wildman–Crippen LogP) is 3.59. The number of hydrogen-bond acceptors (Lipinski definition) is 1. The summed E-state index contributed by atoms with van der Waals surface area (Å²) in [6.45, 7) is 6.49. The highest BCUT2D eigenvalue weighted by atomic mass is 35.5. The van der Waals surface area contributed by atoms with E-state index in [1.165, 1.54) is 11.1 Å². The molecule has 0 saturated heterocycles. The van der Waals surface area contributed by atoms with Crippen LogP contribution in [-0.2, 0) is 6.42 Å². The normalized spacial score (nSPS) is 13.2. The van der Waals surface area contributed by atoms with E-state index in [-0.39, 0.29) is 5.38 Å². The standard InChI is InChI=1S/C12H18ClN/c1-9(2)6-12(13)7-11-4-5-14-8-10(11)3/h4-5,8-9,12H,6-7H2,1-3H3. The molecule has 1 aromatic rings. The Morgan fingerprint density at radius 2 is 2.14 bits per heavy atom. The van der Waals surface area contributed by atoms with Crippen molar-refractivity contribution in [3.63, 3.8) is 0 Å². The van der Waals surface area contributed by atoms with E-state index in [1.54, 1.807) is 0 Å². The molecule has 0 bridgehead atoms. The fraction of sp³-hybridized carbons (Fsp3) is 0.583. The van der Waals surface area contributed by atoms with Gasteiger partial charge < -0.3 is 0 Å². The molecule has 1 atom stereocenters. The van der Waals surface area contributed by atoms with Gasteiger partial charge in [0, 0.05) is 17.8 Å². The average molecular weight is 212 g/mol. The van der Waals surface area contributed by atoms with Gasteiger partial charge in [0.05, 0.1) is 0 Å². The molecule has 1 nitrogen and oxygen atoms in total. The molecular weight excluding hydrogens is 194 g/mol. The summed E-state index contributed by atoms with van der Waals surface area (Å²) in [7, 11) is 0. The van der Waals surface area contributed by atoms with E-state index in [4.69, 9.17) is 11.6 Å². The monoisotopic (exact) mass is 211 g/mol. The molecule has 0 aliphatic rings. The van der Waals surface area contributed by atoms with Gasteiger partial charge in [0.25, 0.3) is 0 Å².